The van der Waals surface area contributed by atoms with Crippen LogP contribution < -0.4 is 10.6 Å². The second kappa shape index (κ2) is 4.85. The Hall–Kier alpha value is -1.56. The zero-order valence-electron chi connectivity index (χ0n) is 11.3. The first-order valence-electron chi connectivity index (χ1n) is 6.25. The van der Waals surface area contributed by atoms with Gasteiger partial charge in [-0.2, -0.15) is 0 Å². The number of amides is 2. The monoisotopic (exact) mass is 282 g/mol. The van der Waals surface area contributed by atoms with Gasteiger partial charge in [-0.05, 0) is 45.6 Å². The molecule has 3 N–H and O–H groups in total. The summed E-state index contributed by atoms with van der Waals surface area (Å²) in [6.07, 6.45) is 3.05. The fourth-order valence-electron chi connectivity index (χ4n) is 2.21. The molecule has 2 amide bonds. The summed E-state index contributed by atoms with van der Waals surface area (Å²) in [6, 6.07) is -0.328. The molecule has 0 aromatic carbocycles. The predicted octanol–water partition coefficient (Wildman–Crippen LogP) is 3.13. The zero-order chi connectivity index (χ0) is 14.2. The molecule has 104 valence electrons. The van der Waals surface area contributed by atoms with Crippen LogP contribution in [0.4, 0.5) is 9.80 Å². The van der Waals surface area contributed by atoms with E-state index in [2.05, 4.69) is 10.6 Å². The first kappa shape index (κ1) is 13.9. The highest BCUT2D eigenvalue weighted by atomic mass is 32.1. The number of aryl methyl sites for hydroxylation is 1. The lowest BCUT2D eigenvalue weighted by Crippen LogP contribution is -2.52. The van der Waals surface area contributed by atoms with Crippen molar-refractivity contribution in [2.75, 3.05) is 5.32 Å². The molecule has 1 aliphatic carbocycles. The highest BCUT2D eigenvalue weighted by Gasteiger charge is 2.33. The number of aromatic carboxylic acids is 1. The largest absolute Gasteiger partial charge is 0.478 e. The second-order valence-electron chi connectivity index (χ2n) is 5.29. The molecule has 2 rings (SSSR count). The Morgan fingerprint density at radius 1 is 1.32 bits per heavy atom. The molecule has 0 saturated heterocycles. The van der Waals surface area contributed by atoms with Gasteiger partial charge in [0.1, 0.15) is 5.00 Å². The Balaban J connectivity index is 2.12. The van der Waals surface area contributed by atoms with Gasteiger partial charge in [-0.3, -0.25) is 5.32 Å². The predicted molar refractivity (Wildman–Crippen MR) is 75.2 cm³/mol. The van der Waals surface area contributed by atoms with Gasteiger partial charge in [0.25, 0.3) is 0 Å². The standard InChI is InChI=1S/C13H18N2O3S/c1-7-8(2)19-10(9(7)11(16)17)14-12(18)15-13(3)5-4-6-13/h4-6H2,1-3H3,(H,16,17)(H2,14,15,18). The third kappa shape index (κ3) is 2.73. The van der Waals surface area contributed by atoms with Crippen LogP contribution in [0.25, 0.3) is 0 Å². The number of carboxylic acids is 1. The number of hydrogen-bond donors (Lipinski definition) is 3. The van der Waals surface area contributed by atoms with Crippen molar-refractivity contribution in [1.82, 2.24) is 5.32 Å². The number of rotatable bonds is 3. The van der Waals surface area contributed by atoms with Crippen LogP contribution in [0.3, 0.4) is 0 Å². The van der Waals surface area contributed by atoms with Crippen LogP contribution in [0.5, 0.6) is 0 Å². The molecule has 5 nitrogen and oxygen atoms in total. The third-order valence-corrected chi connectivity index (χ3v) is 4.82. The number of thiophene rings is 1. The Labute approximate surface area is 116 Å². The molecule has 0 atom stereocenters. The molecule has 1 heterocycles. The fraction of sp³-hybridized carbons (Fsp3) is 0.538. The Bertz CT molecular complexity index is 532. The van der Waals surface area contributed by atoms with E-state index in [9.17, 15) is 14.7 Å². The first-order chi connectivity index (χ1) is 8.82. The van der Waals surface area contributed by atoms with Crippen LogP contribution in [0.2, 0.25) is 0 Å². The molecular weight excluding hydrogens is 264 g/mol. The van der Waals surface area contributed by atoms with E-state index in [1.165, 1.54) is 11.3 Å². The smallest absolute Gasteiger partial charge is 0.338 e. The Morgan fingerprint density at radius 3 is 2.42 bits per heavy atom. The minimum atomic E-state index is -1.01. The number of carboxylic acid groups (broad SMARTS) is 1. The van der Waals surface area contributed by atoms with Crippen LogP contribution in [-0.2, 0) is 0 Å². The lowest BCUT2D eigenvalue weighted by Gasteiger charge is -2.38. The number of nitrogens with one attached hydrogen (secondary N) is 2. The van der Waals surface area contributed by atoms with Gasteiger partial charge in [0.15, 0.2) is 0 Å². The number of carbonyl (C=O) groups excluding carboxylic acids is 1. The van der Waals surface area contributed by atoms with Gasteiger partial charge in [0.05, 0.1) is 5.56 Å². The lowest BCUT2D eigenvalue weighted by atomic mass is 9.79. The van der Waals surface area contributed by atoms with Crippen LogP contribution in [-0.4, -0.2) is 22.6 Å². The van der Waals surface area contributed by atoms with Crippen LogP contribution in [0, 0.1) is 13.8 Å². The maximum atomic E-state index is 11.9. The quantitative estimate of drug-likeness (QED) is 0.797. The maximum absolute atomic E-state index is 11.9. The summed E-state index contributed by atoms with van der Waals surface area (Å²) < 4.78 is 0. The van der Waals surface area contributed by atoms with Gasteiger partial charge >= 0.3 is 12.0 Å². The minimum Gasteiger partial charge on any atom is -0.478 e. The summed E-state index contributed by atoms with van der Waals surface area (Å²) >= 11 is 1.30. The molecule has 0 radical (unpaired) electrons. The lowest BCUT2D eigenvalue weighted by molar-refractivity contribution is 0.0697. The number of hydrogen-bond acceptors (Lipinski definition) is 3. The van der Waals surface area contributed by atoms with E-state index in [1.54, 1.807) is 6.92 Å². The zero-order valence-corrected chi connectivity index (χ0v) is 12.1. The molecule has 1 aromatic heterocycles. The average Bonchev–Trinajstić information content (AvgIpc) is 2.51. The van der Waals surface area contributed by atoms with E-state index in [1.807, 2.05) is 13.8 Å². The summed E-state index contributed by atoms with van der Waals surface area (Å²) in [5.74, 6) is -1.01. The van der Waals surface area contributed by atoms with E-state index in [-0.39, 0.29) is 17.1 Å². The minimum absolute atomic E-state index is 0.144. The molecule has 19 heavy (non-hydrogen) atoms. The van der Waals surface area contributed by atoms with Gasteiger partial charge in [-0.15, -0.1) is 11.3 Å². The summed E-state index contributed by atoms with van der Waals surface area (Å²) in [5.41, 5.74) is 0.758. The van der Waals surface area contributed by atoms with Crippen molar-refractivity contribution in [2.45, 2.75) is 45.6 Å². The van der Waals surface area contributed by atoms with E-state index in [0.717, 1.165) is 24.1 Å². The van der Waals surface area contributed by atoms with Crippen molar-refractivity contribution < 1.29 is 14.7 Å². The normalized spacial score (nSPS) is 16.6. The topological polar surface area (TPSA) is 78.4 Å². The molecule has 1 aromatic rings. The summed E-state index contributed by atoms with van der Waals surface area (Å²) in [7, 11) is 0. The molecule has 0 unspecified atom stereocenters. The SMILES string of the molecule is Cc1sc(NC(=O)NC2(C)CCC2)c(C(=O)O)c1C. The van der Waals surface area contributed by atoms with Crippen LogP contribution >= 0.6 is 11.3 Å². The van der Waals surface area contributed by atoms with E-state index >= 15 is 0 Å². The third-order valence-electron chi connectivity index (χ3n) is 3.70. The fourth-order valence-corrected chi connectivity index (χ4v) is 3.26. The number of urea groups is 1. The van der Waals surface area contributed by atoms with Crippen LogP contribution in [0.1, 0.15) is 47.0 Å². The second-order valence-corrected chi connectivity index (χ2v) is 6.51. The summed E-state index contributed by atoms with van der Waals surface area (Å²) in [5, 5.41) is 15.2. The van der Waals surface area contributed by atoms with Crippen molar-refractivity contribution in [2.24, 2.45) is 0 Å². The number of carbonyl (C=O) groups is 2. The molecule has 0 aliphatic heterocycles. The van der Waals surface area contributed by atoms with Gasteiger partial charge < -0.3 is 10.4 Å². The summed E-state index contributed by atoms with van der Waals surface area (Å²) in [4.78, 5) is 24.0. The van der Waals surface area contributed by atoms with Crippen molar-refractivity contribution in [3.8, 4) is 0 Å². The molecule has 6 heteroatoms. The van der Waals surface area contributed by atoms with Crippen molar-refractivity contribution in [1.29, 1.82) is 0 Å². The van der Waals surface area contributed by atoms with Crippen molar-refractivity contribution in [3.63, 3.8) is 0 Å². The summed E-state index contributed by atoms with van der Waals surface area (Å²) in [6.45, 7) is 5.60. The maximum Gasteiger partial charge on any atom is 0.338 e. The van der Waals surface area contributed by atoms with E-state index < -0.39 is 5.97 Å². The van der Waals surface area contributed by atoms with Gasteiger partial charge in [0.2, 0.25) is 0 Å². The van der Waals surface area contributed by atoms with E-state index in [4.69, 9.17) is 0 Å². The number of anilines is 1. The Morgan fingerprint density at radius 2 is 1.95 bits per heavy atom. The highest BCUT2D eigenvalue weighted by molar-refractivity contribution is 7.16. The molecule has 1 fully saturated rings. The Kier molecular flexibility index (Phi) is 3.54. The van der Waals surface area contributed by atoms with Crippen LogP contribution in [0.15, 0.2) is 0 Å². The van der Waals surface area contributed by atoms with E-state index in [0.29, 0.717) is 10.6 Å². The van der Waals surface area contributed by atoms with Gasteiger partial charge in [0, 0.05) is 10.4 Å². The molecule has 0 spiro atoms. The highest BCUT2D eigenvalue weighted by Crippen LogP contribution is 2.33. The average molecular weight is 282 g/mol. The molecular formula is C13H18N2O3S. The first-order valence-corrected chi connectivity index (χ1v) is 7.06. The van der Waals surface area contributed by atoms with Gasteiger partial charge in [-0.1, -0.05) is 0 Å². The molecule has 0 bridgehead atoms. The van der Waals surface area contributed by atoms with Gasteiger partial charge in [-0.25, -0.2) is 9.59 Å². The molecule has 1 aliphatic rings. The molecule has 1 saturated carbocycles. The van der Waals surface area contributed by atoms with Crippen molar-refractivity contribution in [3.05, 3.63) is 16.0 Å². The van der Waals surface area contributed by atoms with Crippen molar-refractivity contribution >= 4 is 28.3 Å².